The molecule has 0 spiro atoms. The Labute approximate surface area is 157 Å². The maximum absolute atomic E-state index is 12.6. The highest BCUT2D eigenvalue weighted by Gasteiger charge is 2.35. The second kappa shape index (κ2) is 7.23. The molecule has 0 saturated carbocycles. The van der Waals surface area contributed by atoms with E-state index >= 15 is 0 Å². The van der Waals surface area contributed by atoms with Gasteiger partial charge in [-0.05, 0) is 36.2 Å². The van der Waals surface area contributed by atoms with Crippen LogP contribution in [-0.2, 0) is 11.2 Å². The molecule has 0 radical (unpaired) electrons. The second-order valence-electron chi connectivity index (χ2n) is 6.59. The van der Waals surface area contributed by atoms with Crippen molar-refractivity contribution in [2.75, 3.05) is 18.6 Å². The lowest BCUT2D eigenvalue weighted by Crippen LogP contribution is -2.24. The molecule has 1 aromatic heterocycles. The van der Waals surface area contributed by atoms with Gasteiger partial charge in [0.15, 0.2) is 5.82 Å². The highest BCUT2D eigenvalue weighted by molar-refractivity contribution is 5.97. The quantitative estimate of drug-likeness (QED) is 0.689. The first kappa shape index (κ1) is 17.3. The summed E-state index contributed by atoms with van der Waals surface area (Å²) in [6, 6.07) is 15.6. The van der Waals surface area contributed by atoms with Gasteiger partial charge in [0.25, 0.3) is 5.89 Å². The monoisotopic (exact) mass is 363 g/mol. The number of methoxy groups -OCH3 is 1. The third-order valence-electron chi connectivity index (χ3n) is 4.92. The lowest BCUT2D eigenvalue weighted by atomic mass is 10.1. The Morgan fingerprint density at radius 1 is 1.19 bits per heavy atom. The number of aryl methyl sites for hydroxylation is 1. The first-order valence-electron chi connectivity index (χ1n) is 9.06. The normalized spacial score (nSPS) is 16.7. The lowest BCUT2D eigenvalue weighted by molar-refractivity contribution is -0.117. The van der Waals surface area contributed by atoms with E-state index in [1.54, 1.807) is 12.0 Å². The van der Waals surface area contributed by atoms with Crippen LogP contribution in [0.3, 0.4) is 0 Å². The fraction of sp³-hybridized carbons (Fsp3) is 0.286. The van der Waals surface area contributed by atoms with Crippen LogP contribution in [0.15, 0.2) is 53.1 Å². The molecule has 1 unspecified atom stereocenters. The van der Waals surface area contributed by atoms with Gasteiger partial charge in [-0.1, -0.05) is 36.3 Å². The van der Waals surface area contributed by atoms with Crippen molar-refractivity contribution >= 4 is 11.6 Å². The number of para-hydroxylation sites is 2. The highest BCUT2D eigenvalue weighted by Crippen LogP contribution is 2.36. The molecule has 6 heteroatoms. The largest absolute Gasteiger partial charge is 0.495 e. The summed E-state index contributed by atoms with van der Waals surface area (Å²) in [4.78, 5) is 18.8. The molecule has 6 nitrogen and oxygen atoms in total. The predicted octanol–water partition coefficient (Wildman–Crippen LogP) is 3.83. The van der Waals surface area contributed by atoms with Crippen LogP contribution >= 0.6 is 0 Å². The fourth-order valence-electron chi connectivity index (χ4n) is 3.37. The molecule has 1 amide bonds. The van der Waals surface area contributed by atoms with Gasteiger partial charge in [-0.2, -0.15) is 4.98 Å². The smallest absolute Gasteiger partial charge is 0.257 e. The van der Waals surface area contributed by atoms with Gasteiger partial charge in [-0.25, -0.2) is 0 Å². The van der Waals surface area contributed by atoms with Crippen molar-refractivity contribution in [1.82, 2.24) is 10.1 Å². The molecule has 2 aromatic carbocycles. The van der Waals surface area contributed by atoms with Crippen molar-refractivity contribution in [3.8, 4) is 17.2 Å². The SMILES string of the molecule is CCc1ccc(-c2nc(C3CC(=O)N(c4ccccc4OC)C3)no2)cc1. The Morgan fingerprint density at radius 3 is 2.70 bits per heavy atom. The van der Waals surface area contributed by atoms with Gasteiger partial charge in [0.2, 0.25) is 5.91 Å². The number of benzene rings is 2. The number of ether oxygens (including phenoxy) is 1. The van der Waals surface area contributed by atoms with E-state index in [9.17, 15) is 4.79 Å². The molecule has 4 rings (SSSR count). The number of hydrogen-bond acceptors (Lipinski definition) is 5. The van der Waals surface area contributed by atoms with Crippen LogP contribution in [0.25, 0.3) is 11.5 Å². The Bertz CT molecular complexity index is 949. The minimum atomic E-state index is -0.102. The van der Waals surface area contributed by atoms with E-state index in [-0.39, 0.29) is 11.8 Å². The summed E-state index contributed by atoms with van der Waals surface area (Å²) in [6.07, 6.45) is 1.34. The molecular formula is C21H21N3O3. The van der Waals surface area contributed by atoms with E-state index in [0.717, 1.165) is 17.7 Å². The van der Waals surface area contributed by atoms with Crippen LogP contribution in [0.2, 0.25) is 0 Å². The number of carbonyl (C=O) groups is 1. The van der Waals surface area contributed by atoms with Gasteiger partial charge < -0.3 is 14.2 Å². The maximum atomic E-state index is 12.6. The fourth-order valence-corrected chi connectivity index (χ4v) is 3.37. The Morgan fingerprint density at radius 2 is 1.96 bits per heavy atom. The van der Waals surface area contributed by atoms with E-state index in [1.165, 1.54) is 5.56 Å². The van der Waals surface area contributed by atoms with E-state index in [2.05, 4.69) is 29.2 Å². The van der Waals surface area contributed by atoms with Gasteiger partial charge in [0, 0.05) is 24.4 Å². The van der Waals surface area contributed by atoms with Gasteiger partial charge >= 0.3 is 0 Å². The molecule has 2 heterocycles. The van der Waals surface area contributed by atoms with Crippen LogP contribution in [0.1, 0.15) is 30.7 Å². The molecule has 1 aliphatic heterocycles. The molecular weight excluding hydrogens is 342 g/mol. The number of rotatable bonds is 5. The molecule has 0 N–H and O–H groups in total. The Kier molecular flexibility index (Phi) is 4.62. The summed E-state index contributed by atoms with van der Waals surface area (Å²) in [5.41, 5.74) is 2.91. The van der Waals surface area contributed by atoms with Crippen molar-refractivity contribution in [2.24, 2.45) is 0 Å². The standard InChI is InChI=1S/C21H21N3O3/c1-3-14-8-10-15(11-9-14)21-22-20(23-27-21)16-12-19(25)24(13-16)17-6-4-5-7-18(17)26-2/h4-11,16H,3,12-13H2,1-2H3. The maximum Gasteiger partial charge on any atom is 0.257 e. The lowest BCUT2D eigenvalue weighted by Gasteiger charge is -2.18. The average molecular weight is 363 g/mol. The summed E-state index contributed by atoms with van der Waals surface area (Å²) in [5.74, 6) is 1.65. The van der Waals surface area contributed by atoms with Gasteiger partial charge in [-0.15, -0.1) is 0 Å². The van der Waals surface area contributed by atoms with Gasteiger partial charge in [0.1, 0.15) is 5.75 Å². The molecule has 1 aliphatic rings. The summed E-state index contributed by atoms with van der Waals surface area (Å²) in [7, 11) is 1.60. The average Bonchev–Trinajstić information content (AvgIpc) is 3.35. The first-order valence-corrected chi connectivity index (χ1v) is 9.06. The molecule has 1 fully saturated rings. The second-order valence-corrected chi connectivity index (χ2v) is 6.59. The highest BCUT2D eigenvalue weighted by atomic mass is 16.5. The minimum absolute atomic E-state index is 0.0307. The third-order valence-corrected chi connectivity index (χ3v) is 4.92. The summed E-state index contributed by atoms with van der Waals surface area (Å²) >= 11 is 0. The van der Waals surface area contributed by atoms with Crippen molar-refractivity contribution in [3.63, 3.8) is 0 Å². The van der Waals surface area contributed by atoms with Gasteiger partial charge in [0.05, 0.1) is 12.8 Å². The number of anilines is 1. The molecule has 0 bridgehead atoms. The zero-order valence-corrected chi connectivity index (χ0v) is 15.4. The first-order chi connectivity index (χ1) is 13.2. The van der Waals surface area contributed by atoms with E-state index in [1.807, 2.05) is 36.4 Å². The molecule has 3 aromatic rings. The van der Waals surface area contributed by atoms with Crippen LogP contribution in [0, 0.1) is 0 Å². The van der Waals surface area contributed by atoms with Crippen molar-refractivity contribution in [3.05, 3.63) is 59.9 Å². The zero-order chi connectivity index (χ0) is 18.8. The number of carbonyl (C=O) groups excluding carboxylic acids is 1. The molecule has 1 atom stereocenters. The van der Waals surface area contributed by atoms with Crippen LogP contribution in [0.5, 0.6) is 5.75 Å². The number of nitrogens with zero attached hydrogens (tertiary/aromatic N) is 3. The molecule has 138 valence electrons. The molecule has 1 saturated heterocycles. The third kappa shape index (κ3) is 3.30. The van der Waals surface area contributed by atoms with Crippen molar-refractivity contribution in [2.45, 2.75) is 25.7 Å². The number of hydrogen-bond donors (Lipinski definition) is 0. The van der Waals surface area contributed by atoms with Gasteiger partial charge in [-0.3, -0.25) is 4.79 Å². The van der Waals surface area contributed by atoms with Crippen LogP contribution in [0.4, 0.5) is 5.69 Å². The summed E-state index contributed by atoms with van der Waals surface area (Å²) < 4.78 is 10.8. The van der Waals surface area contributed by atoms with Crippen molar-refractivity contribution < 1.29 is 14.1 Å². The minimum Gasteiger partial charge on any atom is -0.495 e. The Balaban J connectivity index is 1.55. The van der Waals surface area contributed by atoms with Crippen LogP contribution < -0.4 is 9.64 Å². The van der Waals surface area contributed by atoms with E-state index < -0.39 is 0 Å². The number of aromatic nitrogens is 2. The Hall–Kier alpha value is -3.15. The zero-order valence-electron chi connectivity index (χ0n) is 15.4. The number of amides is 1. The molecule has 0 aliphatic carbocycles. The molecule has 27 heavy (non-hydrogen) atoms. The van der Waals surface area contributed by atoms with Crippen molar-refractivity contribution in [1.29, 1.82) is 0 Å². The topological polar surface area (TPSA) is 68.5 Å². The van der Waals surface area contributed by atoms with E-state index in [0.29, 0.717) is 30.4 Å². The van der Waals surface area contributed by atoms with Crippen LogP contribution in [-0.4, -0.2) is 29.7 Å². The summed E-state index contributed by atoms with van der Waals surface area (Å²) in [5, 5.41) is 4.13. The summed E-state index contributed by atoms with van der Waals surface area (Å²) in [6.45, 7) is 2.62. The van der Waals surface area contributed by atoms with E-state index in [4.69, 9.17) is 9.26 Å². The predicted molar refractivity (Wildman–Crippen MR) is 102 cm³/mol.